The highest BCUT2D eigenvalue weighted by Crippen LogP contribution is 2.12. The predicted molar refractivity (Wildman–Crippen MR) is 76.9 cm³/mol. The first-order valence-electron chi connectivity index (χ1n) is 7.55. The van der Waals surface area contributed by atoms with Crippen molar-refractivity contribution in [3.63, 3.8) is 0 Å². The second-order valence-electron chi connectivity index (χ2n) is 5.58. The number of rotatable bonds is 13. The van der Waals surface area contributed by atoms with Crippen LogP contribution in [-0.4, -0.2) is 24.2 Å². The largest absolute Gasteiger partial charge is 0.480 e. The average molecular weight is 257 g/mol. The molecule has 0 aromatic heterocycles. The van der Waals surface area contributed by atoms with Gasteiger partial charge in [-0.1, -0.05) is 65.2 Å². The molecular formula is C15H31NO2. The molecule has 18 heavy (non-hydrogen) atoms. The van der Waals surface area contributed by atoms with Gasteiger partial charge in [0.2, 0.25) is 0 Å². The molecule has 0 spiro atoms. The molecule has 0 aromatic rings. The molecule has 2 N–H and O–H groups in total. The number of aliphatic carboxylic acids is 1. The highest BCUT2D eigenvalue weighted by atomic mass is 16.4. The first-order chi connectivity index (χ1) is 8.63. The maximum Gasteiger partial charge on any atom is 0.317 e. The number of unbranched alkanes of at least 4 members (excludes halogenated alkanes) is 7. The SMILES string of the molecule is CC(C)CCCCCCCCCCNCC(=O)O. The molecule has 0 rings (SSSR count). The quantitative estimate of drug-likeness (QED) is 0.493. The van der Waals surface area contributed by atoms with Crippen molar-refractivity contribution >= 4 is 5.97 Å². The van der Waals surface area contributed by atoms with Gasteiger partial charge in [-0.15, -0.1) is 0 Å². The minimum Gasteiger partial charge on any atom is -0.480 e. The van der Waals surface area contributed by atoms with Gasteiger partial charge >= 0.3 is 5.97 Å². The third kappa shape index (κ3) is 15.4. The molecule has 0 radical (unpaired) electrons. The number of carboxylic acid groups (broad SMARTS) is 1. The molecule has 0 aliphatic carbocycles. The summed E-state index contributed by atoms with van der Waals surface area (Å²) >= 11 is 0. The third-order valence-electron chi connectivity index (χ3n) is 3.16. The summed E-state index contributed by atoms with van der Waals surface area (Å²) in [5, 5.41) is 11.3. The standard InChI is InChI=1S/C15H31NO2/c1-14(2)11-9-7-5-3-4-6-8-10-12-16-13-15(17)18/h14,16H,3-13H2,1-2H3,(H,17,18). The monoisotopic (exact) mass is 257 g/mol. The summed E-state index contributed by atoms with van der Waals surface area (Å²) in [6.07, 6.45) is 11.8. The van der Waals surface area contributed by atoms with Gasteiger partial charge < -0.3 is 10.4 Å². The molecule has 0 saturated heterocycles. The molecule has 0 aromatic carbocycles. The summed E-state index contributed by atoms with van der Waals surface area (Å²) in [5.74, 6) is 0.0831. The summed E-state index contributed by atoms with van der Waals surface area (Å²) in [6, 6.07) is 0. The zero-order chi connectivity index (χ0) is 13.6. The molecular weight excluding hydrogens is 226 g/mol. The molecule has 3 nitrogen and oxygen atoms in total. The maximum atomic E-state index is 10.2. The van der Waals surface area contributed by atoms with Crippen molar-refractivity contribution in [3.05, 3.63) is 0 Å². The molecule has 0 bridgehead atoms. The fraction of sp³-hybridized carbons (Fsp3) is 0.933. The van der Waals surface area contributed by atoms with Gasteiger partial charge in [-0.3, -0.25) is 4.79 Å². The van der Waals surface area contributed by atoms with Crippen molar-refractivity contribution in [2.75, 3.05) is 13.1 Å². The Labute approximate surface area is 112 Å². The maximum absolute atomic E-state index is 10.2. The lowest BCUT2D eigenvalue weighted by Gasteiger charge is -2.04. The number of carboxylic acids is 1. The van der Waals surface area contributed by atoms with E-state index in [0.717, 1.165) is 18.9 Å². The van der Waals surface area contributed by atoms with E-state index in [9.17, 15) is 4.79 Å². The number of hydrogen-bond donors (Lipinski definition) is 2. The molecule has 108 valence electrons. The van der Waals surface area contributed by atoms with Crippen LogP contribution in [0.5, 0.6) is 0 Å². The second-order valence-corrected chi connectivity index (χ2v) is 5.58. The van der Waals surface area contributed by atoms with Gasteiger partial charge in [0.05, 0.1) is 6.54 Å². The zero-order valence-electron chi connectivity index (χ0n) is 12.2. The Morgan fingerprint density at radius 3 is 1.94 bits per heavy atom. The van der Waals surface area contributed by atoms with Gasteiger partial charge in [0.25, 0.3) is 0 Å². The molecule has 0 atom stereocenters. The van der Waals surface area contributed by atoms with E-state index in [1.165, 1.54) is 51.4 Å². The lowest BCUT2D eigenvalue weighted by molar-refractivity contribution is -0.135. The van der Waals surface area contributed by atoms with Crippen LogP contribution in [-0.2, 0) is 4.79 Å². The van der Waals surface area contributed by atoms with E-state index in [4.69, 9.17) is 5.11 Å². The van der Waals surface area contributed by atoms with Crippen LogP contribution in [0.4, 0.5) is 0 Å². The van der Waals surface area contributed by atoms with Gasteiger partial charge in [0.1, 0.15) is 0 Å². The second kappa shape index (κ2) is 12.9. The summed E-state index contributed by atoms with van der Waals surface area (Å²) in [7, 11) is 0. The van der Waals surface area contributed by atoms with Crippen LogP contribution in [0, 0.1) is 5.92 Å². The van der Waals surface area contributed by atoms with Gasteiger partial charge in [-0.2, -0.15) is 0 Å². The predicted octanol–water partition coefficient (Wildman–Crippen LogP) is 3.83. The van der Waals surface area contributed by atoms with Crippen molar-refractivity contribution in [1.82, 2.24) is 5.32 Å². The van der Waals surface area contributed by atoms with Crippen LogP contribution in [0.3, 0.4) is 0 Å². The van der Waals surface area contributed by atoms with E-state index in [1.54, 1.807) is 0 Å². The fourth-order valence-corrected chi connectivity index (χ4v) is 2.06. The number of carbonyl (C=O) groups is 1. The van der Waals surface area contributed by atoms with Gasteiger partial charge in [-0.05, 0) is 18.9 Å². The Bertz CT molecular complexity index is 193. The first-order valence-corrected chi connectivity index (χ1v) is 7.55. The minimum absolute atomic E-state index is 0.0931. The Morgan fingerprint density at radius 2 is 1.44 bits per heavy atom. The molecule has 0 aliphatic heterocycles. The normalized spacial score (nSPS) is 11.1. The molecule has 0 unspecified atom stereocenters. The summed E-state index contributed by atoms with van der Waals surface area (Å²) < 4.78 is 0. The molecule has 3 heteroatoms. The molecule has 0 aliphatic rings. The van der Waals surface area contributed by atoms with Gasteiger partial charge in [0, 0.05) is 0 Å². The third-order valence-corrected chi connectivity index (χ3v) is 3.16. The van der Waals surface area contributed by atoms with E-state index in [2.05, 4.69) is 19.2 Å². The highest BCUT2D eigenvalue weighted by molar-refractivity contribution is 5.68. The van der Waals surface area contributed by atoms with Crippen molar-refractivity contribution in [3.8, 4) is 0 Å². The number of nitrogens with one attached hydrogen (secondary N) is 1. The molecule has 0 heterocycles. The van der Waals surface area contributed by atoms with Gasteiger partial charge in [-0.25, -0.2) is 0 Å². The minimum atomic E-state index is -0.767. The molecule has 0 saturated carbocycles. The van der Waals surface area contributed by atoms with Crippen LogP contribution in [0.2, 0.25) is 0 Å². The molecule has 0 amide bonds. The summed E-state index contributed by atoms with van der Waals surface area (Å²) in [4.78, 5) is 10.2. The fourth-order valence-electron chi connectivity index (χ4n) is 2.06. The van der Waals surface area contributed by atoms with E-state index < -0.39 is 5.97 Å². The van der Waals surface area contributed by atoms with Crippen LogP contribution in [0.25, 0.3) is 0 Å². The Balaban J connectivity index is 2.97. The Morgan fingerprint density at radius 1 is 0.944 bits per heavy atom. The van der Waals surface area contributed by atoms with Crippen molar-refractivity contribution in [2.45, 2.75) is 71.6 Å². The lowest BCUT2D eigenvalue weighted by Crippen LogP contribution is -2.23. The van der Waals surface area contributed by atoms with E-state index >= 15 is 0 Å². The van der Waals surface area contributed by atoms with Gasteiger partial charge in [0.15, 0.2) is 0 Å². The highest BCUT2D eigenvalue weighted by Gasteiger charge is 1.96. The van der Waals surface area contributed by atoms with Crippen LogP contribution in [0.15, 0.2) is 0 Å². The van der Waals surface area contributed by atoms with Crippen molar-refractivity contribution in [2.24, 2.45) is 5.92 Å². The zero-order valence-corrected chi connectivity index (χ0v) is 12.2. The van der Waals surface area contributed by atoms with E-state index in [0.29, 0.717) is 0 Å². The topological polar surface area (TPSA) is 49.3 Å². The average Bonchev–Trinajstić information content (AvgIpc) is 2.29. The molecule has 0 fully saturated rings. The van der Waals surface area contributed by atoms with E-state index in [1.807, 2.05) is 0 Å². The van der Waals surface area contributed by atoms with Crippen LogP contribution in [0.1, 0.15) is 71.6 Å². The first kappa shape index (κ1) is 17.4. The van der Waals surface area contributed by atoms with Crippen LogP contribution >= 0.6 is 0 Å². The Hall–Kier alpha value is -0.570. The van der Waals surface area contributed by atoms with E-state index in [-0.39, 0.29) is 6.54 Å². The summed E-state index contributed by atoms with van der Waals surface area (Å²) in [6.45, 7) is 5.51. The lowest BCUT2D eigenvalue weighted by atomic mass is 10.0. The number of hydrogen-bond acceptors (Lipinski definition) is 2. The smallest absolute Gasteiger partial charge is 0.317 e. The van der Waals surface area contributed by atoms with Crippen LogP contribution < -0.4 is 5.32 Å². The summed E-state index contributed by atoms with van der Waals surface area (Å²) in [5.41, 5.74) is 0. The Kier molecular flexibility index (Phi) is 12.5. The van der Waals surface area contributed by atoms with Crippen molar-refractivity contribution in [1.29, 1.82) is 0 Å². The van der Waals surface area contributed by atoms with Crippen molar-refractivity contribution < 1.29 is 9.90 Å².